The van der Waals surface area contributed by atoms with Crippen LogP contribution in [-0.2, 0) is 4.79 Å². The molecule has 0 heterocycles. The third kappa shape index (κ3) is 5.63. The van der Waals surface area contributed by atoms with Gasteiger partial charge in [0.25, 0.3) is 0 Å². The molecule has 0 aromatic heterocycles. The maximum Gasteiger partial charge on any atom is 0.142 e. The molecule has 0 aromatic rings. The molecule has 0 radical (unpaired) electrons. The van der Waals surface area contributed by atoms with Crippen LogP contribution in [0.25, 0.3) is 0 Å². The maximum absolute atomic E-state index is 9.89. The van der Waals surface area contributed by atoms with Crippen LogP contribution >= 0.6 is 11.8 Å². The minimum Gasteiger partial charge on any atom is -0.299 e. The second kappa shape index (κ2) is 5.89. The van der Waals surface area contributed by atoms with Gasteiger partial charge in [0.05, 0.1) is 0 Å². The molecule has 0 fully saturated rings. The van der Waals surface area contributed by atoms with Crippen molar-refractivity contribution >= 4 is 18.0 Å². The lowest BCUT2D eigenvalue weighted by atomic mass is 10.3. The average Bonchev–Trinajstić information content (AvgIpc) is 1.85. The summed E-state index contributed by atoms with van der Waals surface area (Å²) < 4.78 is 0. The normalized spacial score (nSPS) is 11.6. The third-order valence-electron chi connectivity index (χ3n) is 0.886. The van der Waals surface area contributed by atoms with E-state index in [-0.39, 0.29) is 0 Å². The van der Waals surface area contributed by atoms with Gasteiger partial charge in [0.1, 0.15) is 6.29 Å². The van der Waals surface area contributed by atoms with Crippen LogP contribution in [0.4, 0.5) is 0 Å². The molecule has 52 valence electrons. The van der Waals surface area contributed by atoms with E-state index in [0.29, 0.717) is 0 Å². The monoisotopic (exact) mass is 144 g/mol. The van der Waals surface area contributed by atoms with Crippen molar-refractivity contribution in [1.82, 2.24) is 0 Å². The van der Waals surface area contributed by atoms with Gasteiger partial charge in [0.15, 0.2) is 0 Å². The van der Waals surface area contributed by atoms with Gasteiger partial charge in [0, 0.05) is 5.75 Å². The Morgan fingerprint density at radius 2 is 2.33 bits per heavy atom. The first-order chi connectivity index (χ1) is 4.31. The Labute approximate surface area is 60.5 Å². The lowest BCUT2D eigenvalue weighted by Gasteiger charge is -1.94. The fourth-order valence-corrected chi connectivity index (χ4v) is 1.05. The highest BCUT2D eigenvalue weighted by molar-refractivity contribution is 7.99. The van der Waals surface area contributed by atoms with Crippen molar-refractivity contribution in [3.8, 4) is 0 Å². The van der Waals surface area contributed by atoms with Gasteiger partial charge in [-0.1, -0.05) is 12.5 Å². The number of hydrogen-bond acceptors (Lipinski definition) is 2. The van der Waals surface area contributed by atoms with Crippen LogP contribution in [0.15, 0.2) is 11.6 Å². The molecule has 0 saturated heterocycles. The van der Waals surface area contributed by atoms with Crippen LogP contribution in [0.3, 0.4) is 0 Å². The van der Waals surface area contributed by atoms with Crippen LogP contribution in [0.1, 0.15) is 13.8 Å². The van der Waals surface area contributed by atoms with Crippen molar-refractivity contribution < 1.29 is 4.79 Å². The molecule has 0 bridgehead atoms. The Bertz CT molecular complexity index is 107. The molecule has 0 saturated carbocycles. The number of carbonyl (C=O) groups excluding carboxylic acids is 1. The molecule has 2 heteroatoms. The summed E-state index contributed by atoms with van der Waals surface area (Å²) in [6.45, 7) is 4.08. The summed E-state index contributed by atoms with van der Waals surface area (Å²) in [5.41, 5.74) is 1.15. The van der Waals surface area contributed by atoms with Crippen molar-refractivity contribution in [2.24, 2.45) is 0 Å². The second-order valence-corrected chi connectivity index (χ2v) is 3.06. The van der Waals surface area contributed by atoms with Crippen molar-refractivity contribution in [2.45, 2.75) is 13.8 Å². The zero-order valence-corrected chi connectivity index (χ0v) is 6.70. The quantitative estimate of drug-likeness (QED) is 0.442. The third-order valence-corrected chi connectivity index (χ3v) is 1.95. The van der Waals surface area contributed by atoms with Crippen LogP contribution in [0, 0.1) is 0 Å². The molecule has 0 aliphatic rings. The molecule has 0 atom stereocenters. The van der Waals surface area contributed by atoms with Crippen LogP contribution in [0.2, 0.25) is 0 Å². The molecule has 0 spiro atoms. The van der Waals surface area contributed by atoms with E-state index in [4.69, 9.17) is 0 Å². The van der Waals surface area contributed by atoms with Gasteiger partial charge in [-0.05, 0) is 18.8 Å². The summed E-state index contributed by atoms with van der Waals surface area (Å²) in [6.07, 6.45) is 2.45. The first-order valence-corrected chi connectivity index (χ1v) is 4.15. The predicted molar refractivity (Wildman–Crippen MR) is 42.8 cm³/mol. The fraction of sp³-hybridized carbons (Fsp3) is 0.571. The lowest BCUT2D eigenvalue weighted by Crippen LogP contribution is -1.81. The minimum absolute atomic E-state index is 0.839. The van der Waals surface area contributed by atoms with Gasteiger partial charge >= 0.3 is 0 Å². The first-order valence-electron chi connectivity index (χ1n) is 3.00. The van der Waals surface area contributed by atoms with E-state index >= 15 is 0 Å². The molecular weight excluding hydrogens is 132 g/mol. The van der Waals surface area contributed by atoms with E-state index in [9.17, 15) is 4.79 Å². The zero-order chi connectivity index (χ0) is 7.11. The topological polar surface area (TPSA) is 17.1 Å². The van der Waals surface area contributed by atoms with E-state index in [0.717, 1.165) is 23.4 Å². The van der Waals surface area contributed by atoms with Crippen molar-refractivity contribution in [3.63, 3.8) is 0 Å². The number of thioether (sulfide) groups is 1. The predicted octanol–water partition coefficient (Wildman–Crippen LogP) is 1.88. The summed E-state index contributed by atoms with van der Waals surface area (Å²) in [5.74, 6) is 2.10. The Kier molecular flexibility index (Phi) is 5.73. The van der Waals surface area contributed by atoms with E-state index in [1.807, 2.05) is 18.7 Å². The molecule has 9 heavy (non-hydrogen) atoms. The molecule has 0 aliphatic carbocycles. The van der Waals surface area contributed by atoms with Crippen LogP contribution in [-0.4, -0.2) is 17.8 Å². The standard InChI is InChI=1S/C7H12OS/c1-3-9-6-7(2)4-5-8/h4-5H,3,6H2,1-2H3/b7-4+. The Morgan fingerprint density at radius 3 is 2.78 bits per heavy atom. The second-order valence-electron chi connectivity index (χ2n) is 1.79. The number of aldehydes is 1. The molecule has 0 amide bonds. The number of rotatable bonds is 4. The highest BCUT2D eigenvalue weighted by atomic mass is 32.2. The average molecular weight is 144 g/mol. The van der Waals surface area contributed by atoms with E-state index in [1.165, 1.54) is 0 Å². The van der Waals surface area contributed by atoms with E-state index in [1.54, 1.807) is 6.08 Å². The Morgan fingerprint density at radius 1 is 1.67 bits per heavy atom. The van der Waals surface area contributed by atoms with Crippen LogP contribution < -0.4 is 0 Å². The molecule has 1 nitrogen and oxygen atoms in total. The minimum atomic E-state index is 0.839. The molecule has 0 unspecified atom stereocenters. The maximum atomic E-state index is 9.89. The number of carbonyl (C=O) groups is 1. The van der Waals surface area contributed by atoms with E-state index < -0.39 is 0 Å². The van der Waals surface area contributed by atoms with Gasteiger partial charge in [0.2, 0.25) is 0 Å². The molecule has 0 N–H and O–H groups in total. The summed E-state index contributed by atoms with van der Waals surface area (Å²) in [7, 11) is 0. The SMILES string of the molecule is CCSC/C(C)=C/C=O. The lowest BCUT2D eigenvalue weighted by molar-refractivity contribution is -0.104. The molecular formula is C7H12OS. The largest absolute Gasteiger partial charge is 0.299 e. The first kappa shape index (κ1) is 8.76. The van der Waals surface area contributed by atoms with Crippen LogP contribution in [0.5, 0.6) is 0 Å². The summed E-state index contributed by atoms with van der Waals surface area (Å²) in [5, 5.41) is 0. The fourth-order valence-electron chi connectivity index (χ4n) is 0.427. The summed E-state index contributed by atoms with van der Waals surface area (Å²) in [4.78, 5) is 9.89. The van der Waals surface area contributed by atoms with Gasteiger partial charge < -0.3 is 0 Å². The van der Waals surface area contributed by atoms with Gasteiger partial charge in [-0.2, -0.15) is 11.8 Å². The van der Waals surface area contributed by atoms with Gasteiger partial charge in [-0.25, -0.2) is 0 Å². The van der Waals surface area contributed by atoms with E-state index in [2.05, 4.69) is 6.92 Å². The Hall–Kier alpha value is -0.240. The number of hydrogen-bond donors (Lipinski definition) is 0. The zero-order valence-electron chi connectivity index (χ0n) is 5.89. The van der Waals surface area contributed by atoms with Gasteiger partial charge in [-0.15, -0.1) is 0 Å². The number of allylic oxidation sites excluding steroid dienone is 1. The van der Waals surface area contributed by atoms with Crippen molar-refractivity contribution in [3.05, 3.63) is 11.6 Å². The van der Waals surface area contributed by atoms with Crippen molar-refractivity contribution in [2.75, 3.05) is 11.5 Å². The smallest absolute Gasteiger partial charge is 0.142 e. The summed E-state index contributed by atoms with van der Waals surface area (Å²) in [6, 6.07) is 0. The molecule has 0 aliphatic heterocycles. The molecule has 0 aromatic carbocycles. The van der Waals surface area contributed by atoms with Gasteiger partial charge in [-0.3, -0.25) is 4.79 Å². The molecule has 0 rings (SSSR count). The highest BCUT2D eigenvalue weighted by Gasteiger charge is 1.85. The Balaban J connectivity index is 3.36. The highest BCUT2D eigenvalue weighted by Crippen LogP contribution is 2.04. The van der Waals surface area contributed by atoms with Crippen molar-refractivity contribution in [1.29, 1.82) is 0 Å². The summed E-state index contributed by atoms with van der Waals surface area (Å²) >= 11 is 1.83.